The number of carboxylic acids is 1. The van der Waals surface area contributed by atoms with Crippen LogP contribution in [0, 0.1) is 0 Å². The lowest BCUT2D eigenvalue weighted by Crippen LogP contribution is -2.17. The number of aliphatic carboxylic acids is 1. The highest BCUT2D eigenvalue weighted by atomic mass is 79.9. The molecule has 3 aromatic rings. The van der Waals surface area contributed by atoms with Crippen LogP contribution < -0.4 is 14.8 Å². The Bertz CT molecular complexity index is 1120. The fourth-order valence-electron chi connectivity index (χ4n) is 2.66. The summed E-state index contributed by atoms with van der Waals surface area (Å²) in [6, 6.07) is 15.9. The summed E-state index contributed by atoms with van der Waals surface area (Å²) in [5.74, 6) is -0.902. The highest BCUT2D eigenvalue weighted by Crippen LogP contribution is 2.31. The topological polar surface area (TPSA) is 84.9 Å². The molecule has 0 fully saturated rings. The average Bonchev–Trinajstić information content (AvgIpc) is 2.70. The summed E-state index contributed by atoms with van der Waals surface area (Å²) < 4.78 is 46.7. The molecule has 6 nitrogen and oxygen atoms in total. The molecule has 0 aromatic heterocycles. The molecule has 0 aliphatic heterocycles. The molecule has 32 heavy (non-hydrogen) atoms. The van der Waals surface area contributed by atoms with Crippen LogP contribution in [0.25, 0.3) is 0 Å². The van der Waals surface area contributed by atoms with E-state index in [1.54, 1.807) is 42.5 Å². The number of amides is 1. The third-order valence-electron chi connectivity index (χ3n) is 4.04. The van der Waals surface area contributed by atoms with E-state index in [0.717, 1.165) is 12.1 Å². The summed E-state index contributed by atoms with van der Waals surface area (Å²) in [5.41, 5.74) is 1.23. The molecule has 0 unspecified atom stereocenters. The van der Waals surface area contributed by atoms with Gasteiger partial charge in [0, 0.05) is 11.3 Å². The van der Waals surface area contributed by atoms with Crippen molar-refractivity contribution in [2.75, 3.05) is 5.32 Å². The molecule has 0 bridgehead atoms. The van der Waals surface area contributed by atoms with E-state index in [1.807, 2.05) is 0 Å². The molecule has 3 rings (SSSR count). The minimum atomic E-state index is -4.80. The molecule has 0 aliphatic rings. The van der Waals surface area contributed by atoms with Crippen LogP contribution in [0.15, 0.2) is 71.2 Å². The number of hydrogen-bond donors (Lipinski definition) is 2. The lowest BCUT2D eigenvalue weighted by atomic mass is 10.1. The van der Waals surface area contributed by atoms with Crippen molar-refractivity contribution < 1.29 is 37.3 Å². The van der Waals surface area contributed by atoms with Crippen LogP contribution in [0.4, 0.5) is 18.9 Å². The first-order valence-corrected chi connectivity index (χ1v) is 9.84. The van der Waals surface area contributed by atoms with Gasteiger partial charge in [0.05, 0.1) is 10.9 Å². The zero-order valence-electron chi connectivity index (χ0n) is 16.2. The van der Waals surface area contributed by atoms with Crippen molar-refractivity contribution in [3.8, 4) is 17.2 Å². The van der Waals surface area contributed by atoms with Crippen LogP contribution in [-0.2, 0) is 11.2 Å². The van der Waals surface area contributed by atoms with Crippen molar-refractivity contribution in [2.24, 2.45) is 0 Å². The molecule has 0 atom stereocenters. The number of carboxylic acid groups (broad SMARTS) is 1. The predicted molar refractivity (Wildman–Crippen MR) is 113 cm³/mol. The Balaban J connectivity index is 1.61. The SMILES string of the molecule is O=C(O)Cc1ccc(Oc2ccc(NC(=O)c3ccc(OC(F)(F)F)cc3)cc2)c(Br)c1. The van der Waals surface area contributed by atoms with Crippen molar-refractivity contribution in [3.63, 3.8) is 0 Å². The summed E-state index contributed by atoms with van der Waals surface area (Å²) in [4.78, 5) is 23.1. The molecule has 0 aliphatic carbocycles. The fraction of sp³-hybridized carbons (Fsp3) is 0.0909. The van der Waals surface area contributed by atoms with Crippen molar-refractivity contribution in [2.45, 2.75) is 12.8 Å². The fourth-order valence-corrected chi connectivity index (χ4v) is 3.16. The van der Waals surface area contributed by atoms with Gasteiger partial charge in [-0.15, -0.1) is 13.2 Å². The van der Waals surface area contributed by atoms with Crippen LogP contribution in [0.2, 0.25) is 0 Å². The molecular weight excluding hydrogens is 495 g/mol. The Hall–Kier alpha value is -3.53. The van der Waals surface area contributed by atoms with Crippen LogP contribution in [0.1, 0.15) is 15.9 Å². The smallest absolute Gasteiger partial charge is 0.481 e. The highest BCUT2D eigenvalue weighted by Gasteiger charge is 2.31. The van der Waals surface area contributed by atoms with Gasteiger partial charge in [0.2, 0.25) is 0 Å². The lowest BCUT2D eigenvalue weighted by Gasteiger charge is -2.11. The van der Waals surface area contributed by atoms with Crippen molar-refractivity contribution >= 4 is 33.5 Å². The van der Waals surface area contributed by atoms with Gasteiger partial charge in [0.15, 0.2) is 0 Å². The Labute approximate surface area is 188 Å². The minimum Gasteiger partial charge on any atom is -0.481 e. The molecule has 0 heterocycles. The summed E-state index contributed by atoms with van der Waals surface area (Å²) in [6.45, 7) is 0. The van der Waals surface area contributed by atoms with Crippen LogP contribution in [0.3, 0.4) is 0 Å². The number of alkyl halides is 3. The molecule has 0 saturated heterocycles. The average molecular weight is 510 g/mol. The Morgan fingerprint density at radius 1 is 0.938 bits per heavy atom. The maximum absolute atomic E-state index is 12.3. The lowest BCUT2D eigenvalue weighted by molar-refractivity contribution is -0.274. The second-order valence-corrected chi connectivity index (χ2v) is 7.34. The maximum Gasteiger partial charge on any atom is 0.573 e. The number of hydrogen-bond acceptors (Lipinski definition) is 4. The Morgan fingerprint density at radius 3 is 2.12 bits per heavy atom. The van der Waals surface area contributed by atoms with Crippen molar-refractivity contribution in [1.29, 1.82) is 0 Å². The van der Waals surface area contributed by atoms with E-state index in [2.05, 4.69) is 26.0 Å². The second kappa shape index (κ2) is 9.73. The Kier molecular flexibility index (Phi) is 7.04. The van der Waals surface area contributed by atoms with Crippen molar-refractivity contribution in [3.05, 3.63) is 82.3 Å². The van der Waals surface area contributed by atoms with Gasteiger partial charge < -0.3 is 19.9 Å². The summed E-state index contributed by atoms with van der Waals surface area (Å²) in [7, 11) is 0. The molecule has 0 saturated carbocycles. The van der Waals surface area contributed by atoms with Gasteiger partial charge in [0.25, 0.3) is 5.91 Å². The molecule has 10 heteroatoms. The number of anilines is 1. The number of benzene rings is 3. The number of rotatable bonds is 7. The van der Waals surface area contributed by atoms with Gasteiger partial charge in [-0.3, -0.25) is 9.59 Å². The Morgan fingerprint density at radius 2 is 1.56 bits per heavy atom. The van der Waals surface area contributed by atoms with Gasteiger partial charge in [-0.1, -0.05) is 6.07 Å². The zero-order chi connectivity index (χ0) is 23.3. The molecule has 166 valence electrons. The number of carbonyl (C=O) groups is 2. The molecule has 0 radical (unpaired) electrons. The standard InChI is InChI=1S/C22H15BrF3NO5/c23-18-11-13(12-20(28)29)1-10-19(18)31-16-8-4-15(5-9-16)27-21(30)14-2-6-17(7-3-14)32-22(24,25)26/h1-11H,12H2,(H,27,30)(H,28,29). The predicted octanol–water partition coefficient (Wildman–Crippen LogP) is 6.02. The molecule has 3 aromatic carbocycles. The molecule has 0 spiro atoms. The van der Waals surface area contributed by atoms with Crippen LogP contribution in [0.5, 0.6) is 17.2 Å². The molecule has 1 amide bonds. The van der Waals surface area contributed by atoms with Crippen LogP contribution in [-0.4, -0.2) is 23.3 Å². The zero-order valence-corrected chi connectivity index (χ0v) is 17.7. The second-order valence-electron chi connectivity index (χ2n) is 6.49. The molecular formula is C22H15BrF3NO5. The first-order valence-electron chi connectivity index (χ1n) is 9.04. The largest absolute Gasteiger partial charge is 0.573 e. The van der Waals surface area contributed by atoms with E-state index in [4.69, 9.17) is 9.84 Å². The monoisotopic (exact) mass is 509 g/mol. The van der Waals surface area contributed by atoms with Gasteiger partial charge in [-0.05, 0) is 82.2 Å². The first kappa shape index (κ1) is 23.1. The third kappa shape index (κ3) is 6.74. The van der Waals surface area contributed by atoms with E-state index >= 15 is 0 Å². The van der Waals surface area contributed by atoms with E-state index in [-0.39, 0.29) is 12.0 Å². The van der Waals surface area contributed by atoms with Gasteiger partial charge >= 0.3 is 12.3 Å². The minimum absolute atomic E-state index is 0.106. The van der Waals surface area contributed by atoms with E-state index in [9.17, 15) is 22.8 Å². The quantitative estimate of drug-likeness (QED) is 0.406. The third-order valence-corrected chi connectivity index (χ3v) is 4.66. The van der Waals surface area contributed by atoms with E-state index in [0.29, 0.717) is 27.2 Å². The summed E-state index contributed by atoms with van der Waals surface area (Å²) >= 11 is 3.34. The molecule has 2 N–H and O–H groups in total. The summed E-state index contributed by atoms with van der Waals surface area (Å²) in [6.07, 6.45) is -4.91. The van der Waals surface area contributed by atoms with Crippen molar-refractivity contribution in [1.82, 2.24) is 0 Å². The number of nitrogens with one attached hydrogen (secondary N) is 1. The van der Waals surface area contributed by atoms with Gasteiger partial charge in [-0.25, -0.2) is 0 Å². The number of carbonyl (C=O) groups excluding carboxylic acids is 1. The van der Waals surface area contributed by atoms with Crippen LogP contribution >= 0.6 is 15.9 Å². The number of ether oxygens (including phenoxy) is 2. The highest BCUT2D eigenvalue weighted by molar-refractivity contribution is 9.10. The maximum atomic E-state index is 12.3. The van der Waals surface area contributed by atoms with E-state index in [1.165, 1.54) is 12.1 Å². The van der Waals surface area contributed by atoms with Gasteiger partial charge in [-0.2, -0.15) is 0 Å². The number of halogens is 4. The van der Waals surface area contributed by atoms with Gasteiger partial charge in [0.1, 0.15) is 17.2 Å². The first-order chi connectivity index (χ1) is 15.1. The summed E-state index contributed by atoms with van der Waals surface area (Å²) in [5, 5.41) is 11.5. The normalized spacial score (nSPS) is 11.0. The van der Waals surface area contributed by atoms with E-state index < -0.39 is 24.0 Å².